The summed E-state index contributed by atoms with van der Waals surface area (Å²) in [6.45, 7) is 9.14. The molecule has 0 aromatic carbocycles. The molecule has 0 bridgehead atoms. The lowest BCUT2D eigenvalue weighted by Crippen LogP contribution is -2.21. The zero-order chi connectivity index (χ0) is 27.0. The van der Waals surface area contributed by atoms with E-state index in [9.17, 15) is 9.90 Å². The first kappa shape index (κ1) is 25.7. The van der Waals surface area contributed by atoms with Crippen molar-refractivity contribution in [3.8, 4) is 11.5 Å². The van der Waals surface area contributed by atoms with Gasteiger partial charge in [-0.25, -0.2) is 9.97 Å². The van der Waals surface area contributed by atoms with Crippen molar-refractivity contribution in [3.63, 3.8) is 0 Å². The third kappa shape index (κ3) is 5.62. The summed E-state index contributed by atoms with van der Waals surface area (Å²) < 4.78 is 9.87. The predicted octanol–water partition coefficient (Wildman–Crippen LogP) is 4.37. The Hall–Kier alpha value is -3.99. The Kier molecular flexibility index (Phi) is 6.78. The maximum atomic E-state index is 12.1. The molecule has 5 rings (SSSR count). The first-order chi connectivity index (χ1) is 18.1. The van der Waals surface area contributed by atoms with E-state index >= 15 is 0 Å². The number of carbonyl (C=O) groups is 1. The van der Waals surface area contributed by atoms with Gasteiger partial charge in [0.25, 0.3) is 0 Å². The van der Waals surface area contributed by atoms with Crippen LogP contribution in [0.4, 0.5) is 17.6 Å². The van der Waals surface area contributed by atoms with E-state index in [1.54, 1.807) is 24.5 Å². The molecule has 0 spiro atoms. The van der Waals surface area contributed by atoms with E-state index in [-0.39, 0.29) is 29.8 Å². The maximum Gasteiger partial charge on any atom is 0.228 e. The van der Waals surface area contributed by atoms with Crippen molar-refractivity contribution in [2.24, 2.45) is 18.9 Å². The summed E-state index contributed by atoms with van der Waals surface area (Å²) >= 11 is 0. The molecule has 1 atom stereocenters. The summed E-state index contributed by atoms with van der Waals surface area (Å²) in [6.07, 6.45) is 5.07. The topological polar surface area (TPSA) is 132 Å². The van der Waals surface area contributed by atoms with Gasteiger partial charge in [0, 0.05) is 61.6 Å². The number of rotatable bonds is 9. The van der Waals surface area contributed by atoms with Gasteiger partial charge in [0.2, 0.25) is 11.9 Å². The van der Waals surface area contributed by atoms with Crippen molar-refractivity contribution in [1.82, 2.24) is 29.3 Å². The molecular formula is C27H34N8O3. The van der Waals surface area contributed by atoms with Crippen LogP contribution < -0.4 is 15.4 Å². The number of hydrogen-bond acceptors (Lipinski definition) is 8. The minimum absolute atomic E-state index is 0.00462. The van der Waals surface area contributed by atoms with Crippen LogP contribution in [0.1, 0.15) is 46.2 Å². The average Bonchev–Trinajstić information content (AvgIpc) is 3.58. The monoisotopic (exact) mass is 518 g/mol. The largest absolute Gasteiger partial charge is 0.455 e. The second-order valence-corrected chi connectivity index (χ2v) is 11.0. The number of aromatic nitrogens is 6. The second-order valence-electron chi connectivity index (χ2n) is 11.0. The third-order valence-electron chi connectivity index (χ3n) is 6.46. The Bertz CT molecular complexity index is 1470. The van der Waals surface area contributed by atoms with Gasteiger partial charge in [0.05, 0.1) is 11.7 Å². The number of imidazole rings is 1. The summed E-state index contributed by atoms with van der Waals surface area (Å²) in [6, 6.07) is 7.31. The molecular weight excluding hydrogens is 484 g/mol. The van der Waals surface area contributed by atoms with Crippen LogP contribution in [-0.2, 0) is 23.8 Å². The fourth-order valence-corrected chi connectivity index (χ4v) is 4.16. The molecule has 1 fully saturated rings. The van der Waals surface area contributed by atoms with E-state index in [1.165, 1.54) is 0 Å². The number of nitrogens with zero attached hydrogens (tertiary/aromatic N) is 6. The van der Waals surface area contributed by atoms with E-state index < -0.39 is 0 Å². The van der Waals surface area contributed by atoms with E-state index in [1.807, 2.05) is 35.4 Å². The van der Waals surface area contributed by atoms with Gasteiger partial charge in [-0.05, 0) is 24.8 Å². The first-order valence-electron chi connectivity index (χ1n) is 12.8. The molecule has 1 amide bonds. The molecule has 0 radical (unpaired) electrons. The first-order valence-corrected chi connectivity index (χ1v) is 12.8. The SMILES string of the molecule is C[C@@H](CO)Cn1nc(Nc2nc3ncc(Oc4ccnc(NC(=O)C5CC5)c4)cc3n2C)cc1C(C)(C)C. The number of aryl methyl sites for hydroxylation is 1. The average molecular weight is 519 g/mol. The van der Waals surface area contributed by atoms with Crippen LogP contribution >= 0.6 is 0 Å². The molecule has 11 nitrogen and oxygen atoms in total. The molecule has 4 heterocycles. The van der Waals surface area contributed by atoms with Gasteiger partial charge in [-0.15, -0.1) is 0 Å². The summed E-state index contributed by atoms with van der Waals surface area (Å²) in [5.74, 6) is 3.00. The molecule has 1 saturated carbocycles. The van der Waals surface area contributed by atoms with E-state index in [2.05, 4.69) is 46.4 Å². The van der Waals surface area contributed by atoms with E-state index in [4.69, 9.17) is 9.84 Å². The van der Waals surface area contributed by atoms with Gasteiger partial charge in [0.15, 0.2) is 11.5 Å². The molecule has 38 heavy (non-hydrogen) atoms. The van der Waals surface area contributed by atoms with Crippen molar-refractivity contribution in [1.29, 1.82) is 0 Å². The summed E-state index contributed by atoms with van der Waals surface area (Å²) in [5.41, 5.74) is 2.30. The van der Waals surface area contributed by atoms with Crippen molar-refractivity contribution >= 4 is 34.7 Å². The molecule has 1 aliphatic rings. The van der Waals surface area contributed by atoms with Crippen molar-refractivity contribution < 1.29 is 14.6 Å². The predicted molar refractivity (Wildman–Crippen MR) is 145 cm³/mol. The van der Waals surface area contributed by atoms with Gasteiger partial charge >= 0.3 is 0 Å². The third-order valence-corrected chi connectivity index (χ3v) is 6.46. The fourth-order valence-electron chi connectivity index (χ4n) is 4.16. The maximum absolute atomic E-state index is 12.1. The lowest BCUT2D eigenvalue weighted by Gasteiger charge is -2.21. The summed E-state index contributed by atoms with van der Waals surface area (Å²) in [5, 5.41) is 20.4. The number of ether oxygens (including phenoxy) is 1. The van der Waals surface area contributed by atoms with Crippen LogP contribution in [0.15, 0.2) is 36.7 Å². The highest BCUT2D eigenvalue weighted by molar-refractivity contribution is 5.93. The number of aliphatic hydroxyl groups is 1. The second kappa shape index (κ2) is 10.1. The number of nitrogens with one attached hydrogen (secondary N) is 2. The molecule has 4 aromatic rings. The highest BCUT2D eigenvalue weighted by Crippen LogP contribution is 2.32. The summed E-state index contributed by atoms with van der Waals surface area (Å²) in [7, 11) is 1.90. The lowest BCUT2D eigenvalue weighted by molar-refractivity contribution is -0.117. The zero-order valence-electron chi connectivity index (χ0n) is 22.4. The minimum atomic E-state index is -0.115. The Labute approximate surface area is 221 Å². The van der Waals surface area contributed by atoms with E-state index in [0.29, 0.717) is 41.3 Å². The molecule has 0 unspecified atom stereocenters. The Morgan fingerprint density at radius 1 is 1.18 bits per heavy atom. The smallest absolute Gasteiger partial charge is 0.228 e. The standard InChI is InChI=1S/C27H34N8O3/c1-16(15-36)14-35-21(27(2,3)4)12-23(33-35)31-26-32-24-20(34(26)5)10-19(13-29-24)38-18-8-9-28-22(11-18)30-25(37)17-6-7-17/h8-13,16-17,36H,6-7,14-15H2,1-5H3,(H,28,30,37)(H,29,31,32,33)/t16-/m1/s1. The van der Waals surface area contributed by atoms with Gasteiger partial charge in [-0.1, -0.05) is 27.7 Å². The molecule has 4 aromatic heterocycles. The molecule has 1 aliphatic carbocycles. The highest BCUT2D eigenvalue weighted by atomic mass is 16.5. The van der Waals surface area contributed by atoms with Crippen molar-refractivity contribution in [2.75, 3.05) is 17.2 Å². The van der Waals surface area contributed by atoms with Crippen LogP contribution in [0.3, 0.4) is 0 Å². The quantitative estimate of drug-likeness (QED) is 0.298. The fraction of sp³-hybridized carbons (Fsp3) is 0.444. The van der Waals surface area contributed by atoms with Gasteiger partial charge < -0.3 is 25.0 Å². The molecule has 3 N–H and O–H groups in total. The minimum Gasteiger partial charge on any atom is -0.455 e. The highest BCUT2D eigenvalue weighted by Gasteiger charge is 2.30. The molecule has 0 aliphatic heterocycles. The number of pyridine rings is 2. The molecule has 11 heteroatoms. The lowest BCUT2D eigenvalue weighted by atomic mass is 9.92. The zero-order valence-corrected chi connectivity index (χ0v) is 22.4. The number of hydrogen-bond donors (Lipinski definition) is 3. The van der Waals surface area contributed by atoms with Crippen LogP contribution in [0.25, 0.3) is 11.2 Å². The van der Waals surface area contributed by atoms with Crippen LogP contribution in [0.2, 0.25) is 0 Å². The molecule has 0 saturated heterocycles. The number of amides is 1. The number of aliphatic hydroxyl groups excluding tert-OH is 1. The van der Waals surface area contributed by atoms with Gasteiger partial charge in [-0.2, -0.15) is 10.1 Å². The number of carbonyl (C=O) groups excluding carboxylic acids is 1. The Balaban J connectivity index is 1.35. The van der Waals surface area contributed by atoms with E-state index in [0.717, 1.165) is 24.1 Å². The van der Waals surface area contributed by atoms with Gasteiger partial charge in [0.1, 0.15) is 17.3 Å². The van der Waals surface area contributed by atoms with Crippen molar-refractivity contribution in [3.05, 3.63) is 42.4 Å². The van der Waals surface area contributed by atoms with Gasteiger partial charge in [-0.3, -0.25) is 9.48 Å². The number of fused-ring (bicyclic) bond motifs is 1. The van der Waals surface area contributed by atoms with Crippen LogP contribution in [0.5, 0.6) is 11.5 Å². The van der Waals surface area contributed by atoms with Crippen molar-refractivity contribution in [2.45, 2.75) is 52.5 Å². The normalized spacial score (nSPS) is 14.5. The molecule has 200 valence electrons. The Morgan fingerprint density at radius 3 is 2.68 bits per heavy atom. The Morgan fingerprint density at radius 2 is 1.97 bits per heavy atom. The van der Waals surface area contributed by atoms with Crippen LogP contribution in [0, 0.1) is 11.8 Å². The number of anilines is 3. The van der Waals surface area contributed by atoms with Crippen LogP contribution in [-0.4, -0.2) is 46.9 Å². The summed E-state index contributed by atoms with van der Waals surface area (Å²) in [4.78, 5) is 25.4.